The van der Waals surface area contributed by atoms with Crippen molar-refractivity contribution in [2.24, 2.45) is 0 Å². The molecule has 0 aromatic rings. The van der Waals surface area contributed by atoms with E-state index in [4.69, 9.17) is 0 Å². The summed E-state index contributed by atoms with van der Waals surface area (Å²) >= 11 is 0. The first-order valence-corrected chi connectivity index (χ1v) is 0. The van der Waals surface area contributed by atoms with E-state index in [1.54, 1.807) is 0 Å². The van der Waals surface area contributed by atoms with Crippen molar-refractivity contribution >= 4 is 69.7 Å². The van der Waals surface area contributed by atoms with Crippen LogP contribution in [0.5, 0.6) is 0 Å². The van der Waals surface area contributed by atoms with Crippen molar-refractivity contribution in [1.82, 2.24) is 0 Å². The van der Waals surface area contributed by atoms with E-state index in [1.165, 1.54) is 0 Å². The van der Waals surface area contributed by atoms with Crippen molar-refractivity contribution < 1.29 is 38.8 Å². The molecule has 0 unspecified atom stereocenters. The second-order valence-corrected chi connectivity index (χ2v) is 0. The molecule has 0 aliphatic carbocycles. The van der Waals surface area contributed by atoms with Crippen molar-refractivity contribution in [1.29, 1.82) is 0 Å². The molecule has 6 heteroatoms. The first-order valence-electron chi connectivity index (χ1n) is 0. The molecule has 0 fully saturated rings. The van der Waals surface area contributed by atoms with E-state index in [0.29, 0.717) is 0 Å². The Kier molecular flexibility index (Phi) is 385. The number of rotatable bonds is 0. The normalized spacial score (nSPS) is 0. The minimum absolute atomic E-state index is 0. The average Bonchev–Trinajstić information content (AvgIpc) is 0. The van der Waals surface area contributed by atoms with Crippen LogP contribution in [0.3, 0.4) is 0 Å². The van der Waals surface area contributed by atoms with Gasteiger partial charge in [0.25, 0.3) is 0 Å². The molecule has 0 heterocycles. The molecular formula is Al3CuGeTi. The minimum Gasteiger partial charge on any atom is 0 e. The molecule has 0 bridgehead atoms. The molecular weight excluding hydrogens is 265 g/mol. The van der Waals surface area contributed by atoms with E-state index in [2.05, 4.69) is 0 Å². The van der Waals surface area contributed by atoms with Crippen LogP contribution in [0.2, 0.25) is 0 Å². The van der Waals surface area contributed by atoms with Gasteiger partial charge in [0.2, 0.25) is 0 Å². The summed E-state index contributed by atoms with van der Waals surface area (Å²) in [5.74, 6) is 0. The molecule has 6 heavy (non-hydrogen) atoms. The molecule has 0 aromatic heterocycles. The molecule has 14 radical (unpaired) electrons. The Balaban J connectivity index is 0. The van der Waals surface area contributed by atoms with Gasteiger partial charge in [0.15, 0.2) is 0 Å². The van der Waals surface area contributed by atoms with Crippen LogP contribution in [0.1, 0.15) is 0 Å². The molecule has 0 saturated carbocycles. The van der Waals surface area contributed by atoms with Crippen LogP contribution >= 0.6 is 0 Å². The zero-order chi connectivity index (χ0) is 0. The molecule has 0 nitrogen and oxygen atoms in total. The van der Waals surface area contributed by atoms with Crippen LogP contribution in [0, 0.1) is 0 Å². The quantitative estimate of drug-likeness (QED) is 0.466. The van der Waals surface area contributed by atoms with Crippen molar-refractivity contribution in [3.63, 3.8) is 0 Å². The molecule has 0 aliphatic heterocycles. The Morgan fingerprint density at radius 1 is 0.667 bits per heavy atom. The van der Waals surface area contributed by atoms with Gasteiger partial charge >= 0.3 is 0 Å². The minimum atomic E-state index is 0. The Morgan fingerprint density at radius 2 is 0.667 bits per heavy atom. The van der Waals surface area contributed by atoms with Crippen molar-refractivity contribution in [2.45, 2.75) is 0 Å². The van der Waals surface area contributed by atoms with Gasteiger partial charge in [-0.15, -0.1) is 0 Å². The first kappa shape index (κ1) is 57.7. The predicted octanol–water partition coefficient (Wildman–Crippen LogP) is -1.53. The standard InChI is InChI=1S/3Al.Cu.Ge.Ti. The van der Waals surface area contributed by atoms with Gasteiger partial charge in [-0.05, 0) is 0 Å². The molecule has 0 spiro atoms. The van der Waals surface area contributed by atoms with Crippen molar-refractivity contribution in [3.8, 4) is 0 Å². The van der Waals surface area contributed by atoms with Crippen LogP contribution < -0.4 is 0 Å². The Morgan fingerprint density at radius 3 is 0.667 bits per heavy atom. The number of hydrogen-bond donors (Lipinski definition) is 0. The summed E-state index contributed by atoms with van der Waals surface area (Å²) in [5.41, 5.74) is 0. The van der Waals surface area contributed by atoms with Crippen molar-refractivity contribution in [3.05, 3.63) is 0 Å². The van der Waals surface area contributed by atoms with Gasteiger partial charge in [-0.25, -0.2) is 0 Å². The maximum absolute atomic E-state index is 0. The zero-order valence-electron chi connectivity index (χ0n) is 3.03. The molecule has 28 valence electrons. The molecule has 0 aromatic carbocycles. The maximum atomic E-state index is 0. The smallest absolute Gasteiger partial charge is 0 e. The molecule has 0 atom stereocenters. The Labute approximate surface area is 107 Å². The number of hydrogen-bond acceptors (Lipinski definition) is 0. The van der Waals surface area contributed by atoms with Crippen LogP contribution in [0.4, 0.5) is 0 Å². The monoisotopic (exact) mass is 266 g/mol. The van der Waals surface area contributed by atoms with E-state index in [0.717, 1.165) is 0 Å². The van der Waals surface area contributed by atoms with E-state index in [1.807, 2.05) is 0 Å². The van der Waals surface area contributed by atoms with Gasteiger partial charge in [0.05, 0.1) is 0 Å². The molecule has 0 N–H and O–H groups in total. The van der Waals surface area contributed by atoms with Gasteiger partial charge in [0, 0.05) is 108 Å². The van der Waals surface area contributed by atoms with Crippen LogP contribution in [0.15, 0.2) is 0 Å². The fourth-order valence-electron chi connectivity index (χ4n) is 0. The third-order valence-corrected chi connectivity index (χ3v) is 0. The van der Waals surface area contributed by atoms with E-state index < -0.39 is 0 Å². The van der Waals surface area contributed by atoms with Gasteiger partial charge in [-0.2, -0.15) is 0 Å². The van der Waals surface area contributed by atoms with E-state index in [9.17, 15) is 0 Å². The summed E-state index contributed by atoms with van der Waals surface area (Å²) in [6.07, 6.45) is 0. The summed E-state index contributed by atoms with van der Waals surface area (Å²) in [5, 5.41) is 0. The third kappa shape index (κ3) is 26.3. The van der Waals surface area contributed by atoms with Gasteiger partial charge < -0.3 is 0 Å². The van der Waals surface area contributed by atoms with Crippen LogP contribution in [-0.2, 0) is 38.8 Å². The van der Waals surface area contributed by atoms with Crippen LogP contribution in [0.25, 0.3) is 0 Å². The molecule has 0 saturated heterocycles. The van der Waals surface area contributed by atoms with Crippen LogP contribution in [-0.4, -0.2) is 69.7 Å². The molecule has 0 rings (SSSR count). The second kappa shape index (κ2) is 40.0. The van der Waals surface area contributed by atoms with E-state index >= 15 is 0 Å². The Bertz CT molecular complexity index is 10.8. The SMILES string of the molecule is [Al].[Al].[Al].[Cu].[Ge].[Ti]. The Hall–Kier alpha value is 3.37. The summed E-state index contributed by atoms with van der Waals surface area (Å²) < 4.78 is 0. The topological polar surface area (TPSA) is 0 Å². The molecule has 0 amide bonds. The third-order valence-electron chi connectivity index (χ3n) is 0. The fourth-order valence-corrected chi connectivity index (χ4v) is 0. The van der Waals surface area contributed by atoms with Gasteiger partial charge in [-0.3, -0.25) is 0 Å². The van der Waals surface area contributed by atoms with Gasteiger partial charge in [0.1, 0.15) is 0 Å². The maximum Gasteiger partial charge on any atom is 0 e. The summed E-state index contributed by atoms with van der Waals surface area (Å²) in [4.78, 5) is 0. The van der Waals surface area contributed by atoms with Gasteiger partial charge in [-0.1, -0.05) is 0 Å². The largest absolute Gasteiger partial charge is 0 e. The summed E-state index contributed by atoms with van der Waals surface area (Å²) in [6, 6.07) is 0. The average molecular weight is 265 g/mol. The van der Waals surface area contributed by atoms with Crippen molar-refractivity contribution in [2.75, 3.05) is 0 Å². The summed E-state index contributed by atoms with van der Waals surface area (Å²) in [6.45, 7) is 0. The first-order chi connectivity index (χ1) is 0. The fraction of sp³-hybridized carbons (Fsp3) is 0. The predicted molar refractivity (Wildman–Crippen MR) is 23.0 cm³/mol. The second-order valence-electron chi connectivity index (χ2n) is 0. The molecule has 0 aliphatic rings. The summed E-state index contributed by atoms with van der Waals surface area (Å²) in [7, 11) is 0. The van der Waals surface area contributed by atoms with E-state index in [-0.39, 0.29) is 108 Å². The zero-order valence-corrected chi connectivity index (χ0v) is 11.1.